The quantitative estimate of drug-likeness (QED) is 0.796. The summed E-state index contributed by atoms with van der Waals surface area (Å²) in [6.07, 6.45) is 0. The summed E-state index contributed by atoms with van der Waals surface area (Å²) in [5, 5.41) is 7.86. The number of amides is 3. The lowest BCUT2D eigenvalue weighted by Gasteiger charge is -2.15. The number of hydrogen-bond donors (Lipinski definition) is 3. The third kappa shape index (κ3) is 4.77. The monoisotopic (exact) mass is 333 g/mol. The molecule has 0 heterocycles. The van der Waals surface area contributed by atoms with Gasteiger partial charge in [-0.25, -0.2) is 13.6 Å². The van der Waals surface area contributed by atoms with Crippen LogP contribution in [-0.2, 0) is 4.79 Å². The van der Waals surface area contributed by atoms with Gasteiger partial charge in [-0.05, 0) is 48.9 Å². The Morgan fingerprint density at radius 3 is 2.04 bits per heavy atom. The molecular weight excluding hydrogens is 316 g/mol. The van der Waals surface area contributed by atoms with Gasteiger partial charge in [0.05, 0.1) is 6.04 Å². The smallest absolute Gasteiger partial charge is 0.319 e. The van der Waals surface area contributed by atoms with Gasteiger partial charge in [-0.15, -0.1) is 0 Å². The van der Waals surface area contributed by atoms with Crippen molar-refractivity contribution >= 4 is 23.3 Å². The van der Waals surface area contributed by atoms with E-state index in [-0.39, 0.29) is 5.91 Å². The second-order valence-electron chi connectivity index (χ2n) is 5.25. The van der Waals surface area contributed by atoms with Crippen LogP contribution in [0.3, 0.4) is 0 Å². The van der Waals surface area contributed by atoms with Crippen molar-refractivity contribution in [3.05, 3.63) is 59.7 Å². The maximum absolute atomic E-state index is 13.2. The molecule has 0 fully saturated rings. The highest BCUT2D eigenvalue weighted by Gasteiger charge is 2.12. The Labute approximate surface area is 138 Å². The number of urea groups is 1. The Morgan fingerprint density at radius 1 is 0.917 bits per heavy atom. The van der Waals surface area contributed by atoms with Gasteiger partial charge in [-0.3, -0.25) is 4.79 Å². The molecule has 2 aromatic carbocycles. The fourth-order valence-electron chi connectivity index (χ4n) is 2.07. The molecular formula is C17H17F2N3O2. The molecule has 1 unspecified atom stereocenters. The highest BCUT2D eigenvalue weighted by molar-refractivity contribution is 5.91. The Bertz CT molecular complexity index is 748. The molecule has 5 nitrogen and oxygen atoms in total. The Kier molecular flexibility index (Phi) is 5.47. The molecule has 2 aromatic rings. The van der Waals surface area contributed by atoms with E-state index in [9.17, 15) is 18.4 Å². The molecule has 0 aliphatic heterocycles. The second-order valence-corrected chi connectivity index (χ2v) is 5.25. The molecule has 3 amide bonds. The van der Waals surface area contributed by atoms with Gasteiger partial charge in [0.25, 0.3) is 0 Å². The number of carbonyl (C=O) groups excluding carboxylic acids is 2. The molecule has 0 aliphatic carbocycles. The molecule has 0 aliphatic rings. The van der Waals surface area contributed by atoms with Crippen molar-refractivity contribution in [2.24, 2.45) is 0 Å². The van der Waals surface area contributed by atoms with Crippen molar-refractivity contribution < 1.29 is 18.4 Å². The summed E-state index contributed by atoms with van der Waals surface area (Å²) in [5.41, 5.74) is 1.59. The molecule has 24 heavy (non-hydrogen) atoms. The first-order valence-electron chi connectivity index (χ1n) is 7.25. The van der Waals surface area contributed by atoms with E-state index < -0.39 is 23.7 Å². The number of benzene rings is 2. The molecule has 7 heteroatoms. The number of halogens is 2. The maximum atomic E-state index is 13.2. The van der Waals surface area contributed by atoms with Crippen molar-refractivity contribution in [1.82, 2.24) is 5.32 Å². The Morgan fingerprint density at radius 2 is 1.50 bits per heavy atom. The third-order valence-electron chi connectivity index (χ3n) is 3.25. The van der Waals surface area contributed by atoms with Crippen LogP contribution in [0, 0.1) is 11.6 Å². The highest BCUT2D eigenvalue weighted by Crippen LogP contribution is 2.17. The van der Waals surface area contributed by atoms with Crippen LogP contribution in [0.25, 0.3) is 0 Å². The SMILES string of the molecule is CC(=O)Nc1ccc(NC(=O)NC(C)c2ccc(F)c(F)c2)cc1. The molecule has 0 saturated carbocycles. The van der Waals surface area contributed by atoms with Crippen LogP contribution in [0.4, 0.5) is 25.0 Å². The molecule has 1 atom stereocenters. The maximum Gasteiger partial charge on any atom is 0.319 e. The zero-order chi connectivity index (χ0) is 17.7. The standard InChI is InChI=1S/C17H17F2N3O2/c1-10(12-3-8-15(18)16(19)9-12)20-17(24)22-14-6-4-13(5-7-14)21-11(2)23/h3-10H,1-2H3,(H,21,23)(H2,20,22,24). The zero-order valence-electron chi connectivity index (χ0n) is 13.2. The van der Waals surface area contributed by atoms with Crippen molar-refractivity contribution in [2.45, 2.75) is 19.9 Å². The van der Waals surface area contributed by atoms with Crippen LogP contribution < -0.4 is 16.0 Å². The van der Waals surface area contributed by atoms with Gasteiger partial charge in [-0.1, -0.05) is 6.07 Å². The van der Waals surface area contributed by atoms with E-state index >= 15 is 0 Å². The van der Waals surface area contributed by atoms with Crippen LogP contribution in [-0.4, -0.2) is 11.9 Å². The van der Waals surface area contributed by atoms with Crippen molar-refractivity contribution in [3.63, 3.8) is 0 Å². The minimum Gasteiger partial charge on any atom is -0.331 e. The van der Waals surface area contributed by atoms with Gasteiger partial charge >= 0.3 is 6.03 Å². The fraction of sp³-hybridized carbons (Fsp3) is 0.176. The predicted octanol–water partition coefficient (Wildman–Crippen LogP) is 3.81. The third-order valence-corrected chi connectivity index (χ3v) is 3.25. The average molecular weight is 333 g/mol. The summed E-state index contributed by atoms with van der Waals surface area (Å²) < 4.78 is 26.1. The van der Waals surface area contributed by atoms with E-state index in [4.69, 9.17) is 0 Å². The molecule has 0 radical (unpaired) electrons. The first-order valence-corrected chi connectivity index (χ1v) is 7.25. The summed E-state index contributed by atoms with van der Waals surface area (Å²) in [6.45, 7) is 3.06. The Hall–Kier alpha value is -2.96. The van der Waals surface area contributed by atoms with E-state index in [0.29, 0.717) is 16.9 Å². The van der Waals surface area contributed by atoms with E-state index in [1.54, 1.807) is 31.2 Å². The topological polar surface area (TPSA) is 70.2 Å². The molecule has 126 valence electrons. The van der Waals surface area contributed by atoms with Gasteiger partial charge in [0.2, 0.25) is 5.91 Å². The number of nitrogens with one attached hydrogen (secondary N) is 3. The minimum atomic E-state index is -0.963. The highest BCUT2D eigenvalue weighted by atomic mass is 19.2. The molecule has 2 rings (SSSR count). The number of rotatable bonds is 4. The first-order chi connectivity index (χ1) is 11.3. The molecule has 0 bridgehead atoms. The first kappa shape index (κ1) is 17.4. The fourth-order valence-corrected chi connectivity index (χ4v) is 2.07. The van der Waals surface area contributed by atoms with E-state index in [1.165, 1.54) is 13.0 Å². The summed E-state index contributed by atoms with van der Waals surface area (Å²) in [7, 11) is 0. The van der Waals surface area contributed by atoms with Crippen molar-refractivity contribution in [3.8, 4) is 0 Å². The van der Waals surface area contributed by atoms with Crippen molar-refractivity contribution in [2.75, 3.05) is 10.6 Å². The number of hydrogen-bond acceptors (Lipinski definition) is 2. The van der Waals surface area contributed by atoms with Crippen LogP contribution in [0.5, 0.6) is 0 Å². The summed E-state index contributed by atoms with van der Waals surface area (Å²) in [5.74, 6) is -2.08. The van der Waals surface area contributed by atoms with Gasteiger partial charge in [0, 0.05) is 18.3 Å². The summed E-state index contributed by atoms with van der Waals surface area (Å²) >= 11 is 0. The zero-order valence-corrected chi connectivity index (χ0v) is 13.2. The van der Waals surface area contributed by atoms with Crippen LogP contribution in [0.15, 0.2) is 42.5 Å². The van der Waals surface area contributed by atoms with Crippen molar-refractivity contribution in [1.29, 1.82) is 0 Å². The van der Waals surface area contributed by atoms with Crippen LogP contribution in [0.1, 0.15) is 25.5 Å². The number of anilines is 2. The largest absolute Gasteiger partial charge is 0.331 e. The second kappa shape index (κ2) is 7.54. The lowest BCUT2D eigenvalue weighted by molar-refractivity contribution is -0.114. The normalized spacial score (nSPS) is 11.5. The molecule has 0 aromatic heterocycles. The lowest BCUT2D eigenvalue weighted by Crippen LogP contribution is -2.31. The summed E-state index contributed by atoms with van der Waals surface area (Å²) in [4.78, 5) is 22.9. The predicted molar refractivity (Wildman–Crippen MR) is 87.7 cm³/mol. The molecule has 0 saturated heterocycles. The Balaban J connectivity index is 1.94. The minimum absolute atomic E-state index is 0.186. The van der Waals surface area contributed by atoms with Crippen LogP contribution >= 0.6 is 0 Å². The van der Waals surface area contributed by atoms with Gasteiger partial charge < -0.3 is 16.0 Å². The van der Waals surface area contributed by atoms with E-state index in [2.05, 4.69) is 16.0 Å². The van der Waals surface area contributed by atoms with Crippen LogP contribution in [0.2, 0.25) is 0 Å². The number of carbonyl (C=O) groups is 2. The lowest BCUT2D eigenvalue weighted by atomic mass is 10.1. The van der Waals surface area contributed by atoms with Gasteiger partial charge in [0.1, 0.15) is 0 Å². The average Bonchev–Trinajstić information content (AvgIpc) is 2.51. The summed E-state index contributed by atoms with van der Waals surface area (Å²) in [6, 6.07) is 9.04. The molecule has 0 spiro atoms. The molecule has 3 N–H and O–H groups in total. The van der Waals surface area contributed by atoms with E-state index in [0.717, 1.165) is 12.1 Å². The van der Waals surface area contributed by atoms with Gasteiger partial charge in [0.15, 0.2) is 11.6 Å². The van der Waals surface area contributed by atoms with Gasteiger partial charge in [-0.2, -0.15) is 0 Å². The van der Waals surface area contributed by atoms with E-state index in [1.807, 2.05) is 0 Å².